The summed E-state index contributed by atoms with van der Waals surface area (Å²) in [6, 6.07) is 6.19. The molecule has 4 unspecified atom stereocenters. The van der Waals surface area contributed by atoms with Crippen LogP contribution in [-0.4, -0.2) is 27.5 Å². The first-order valence-electron chi connectivity index (χ1n) is 9.42. The monoisotopic (exact) mass is 411 g/mol. The van der Waals surface area contributed by atoms with Gasteiger partial charge in [0.2, 0.25) is 10.0 Å². The second-order valence-electron chi connectivity index (χ2n) is 7.41. The fourth-order valence-electron chi connectivity index (χ4n) is 4.37. The van der Waals surface area contributed by atoms with Gasteiger partial charge in [-0.3, -0.25) is 4.79 Å². The van der Waals surface area contributed by atoms with E-state index in [4.69, 9.17) is 11.6 Å². The van der Waals surface area contributed by atoms with Crippen LogP contribution in [0, 0.1) is 17.8 Å². The topological polar surface area (TPSA) is 72.5 Å². The molecule has 0 radical (unpaired) electrons. The van der Waals surface area contributed by atoms with Crippen molar-refractivity contribution in [3.05, 3.63) is 41.4 Å². The molecule has 5 nitrogen and oxygen atoms in total. The fraction of sp³-hybridized carbons (Fsp3) is 0.550. The van der Waals surface area contributed by atoms with E-state index in [0.29, 0.717) is 23.3 Å². The van der Waals surface area contributed by atoms with E-state index >= 15 is 0 Å². The van der Waals surface area contributed by atoms with Gasteiger partial charge in [-0.1, -0.05) is 23.8 Å². The Morgan fingerprint density at radius 1 is 1.26 bits per heavy atom. The zero-order valence-corrected chi connectivity index (χ0v) is 17.0. The lowest BCUT2D eigenvalue weighted by atomic mass is 9.84. The van der Waals surface area contributed by atoms with Crippen molar-refractivity contribution in [3.8, 4) is 0 Å². The molecule has 0 spiro atoms. The number of rotatable bonds is 8. The van der Waals surface area contributed by atoms with Crippen LogP contribution >= 0.6 is 11.6 Å². The van der Waals surface area contributed by atoms with E-state index in [2.05, 4.69) is 21.6 Å². The molecule has 27 heavy (non-hydrogen) atoms. The Labute approximate surface area is 166 Å². The number of sulfonamides is 1. The van der Waals surface area contributed by atoms with E-state index < -0.39 is 10.0 Å². The van der Waals surface area contributed by atoms with Crippen molar-refractivity contribution in [2.24, 2.45) is 17.8 Å². The van der Waals surface area contributed by atoms with Crippen molar-refractivity contribution in [1.82, 2.24) is 4.72 Å². The summed E-state index contributed by atoms with van der Waals surface area (Å²) in [5.74, 6) is 0.937. The summed E-state index contributed by atoms with van der Waals surface area (Å²) in [6.45, 7) is 0. The van der Waals surface area contributed by atoms with Crippen LogP contribution in [-0.2, 0) is 19.6 Å². The molecular formula is C20H26ClNO4S. The third-order valence-corrected chi connectivity index (χ3v) is 7.46. The SMILES string of the molecule is COC(=O)CCC/C=C\C1C2CCC(C2)C1NS(=O)(=O)c1ccc(Cl)cc1. The summed E-state index contributed by atoms with van der Waals surface area (Å²) in [5.41, 5.74) is 0. The minimum absolute atomic E-state index is 0.0683. The summed E-state index contributed by atoms with van der Waals surface area (Å²) in [6.07, 6.45) is 9.47. The summed E-state index contributed by atoms with van der Waals surface area (Å²) in [4.78, 5) is 11.4. The van der Waals surface area contributed by atoms with Crippen molar-refractivity contribution in [2.75, 3.05) is 7.11 Å². The Kier molecular flexibility index (Phi) is 6.61. The van der Waals surface area contributed by atoms with Crippen molar-refractivity contribution >= 4 is 27.6 Å². The van der Waals surface area contributed by atoms with Crippen LogP contribution in [0.15, 0.2) is 41.3 Å². The molecule has 4 atom stereocenters. The fourth-order valence-corrected chi connectivity index (χ4v) is 5.83. The molecule has 2 bridgehead atoms. The van der Waals surface area contributed by atoms with Crippen LogP contribution in [0.2, 0.25) is 5.02 Å². The molecule has 0 heterocycles. The minimum atomic E-state index is -3.57. The molecule has 1 aromatic carbocycles. The first-order valence-corrected chi connectivity index (χ1v) is 11.3. The molecule has 3 rings (SSSR count). The van der Waals surface area contributed by atoms with Crippen LogP contribution in [0.4, 0.5) is 0 Å². The molecule has 2 fully saturated rings. The van der Waals surface area contributed by atoms with Gasteiger partial charge in [-0.05, 0) is 74.1 Å². The molecule has 0 amide bonds. The maximum atomic E-state index is 12.8. The molecule has 2 saturated carbocycles. The number of hydrogen-bond donors (Lipinski definition) is 1. The molecule has 0 saturated heterocycles. The van der Waals surface area contributed by atoms with E-state index in [-0.39, 0.29) is 22.8 Å². The number of hydrogen-bond acceptors (Lipinski definition) is 4. The van der Waals surface area contributed by atoms with E-state index in [1.807, 2.05) is 0 Å². The maximum Gasteiger partial charge on any atom is 0.305 e. The van der Waals surface area contributed by atoms with Gasteiger partial charge in [0, 0.05) is 17.5 Å². The van der Waals surface area contributed by atoms with Gasteiger partial charge >= 0.3 is 5.97 Å². The molecule has 7 heteroatoms. The van der Waals surface area contributed by atoms with Crippen molar-refractivity contribution in [2.45, 2.75) is 49.5 Å². The van der Waals surface area contributed by atoms with Gasteiger partial charge in [0.25, 0.3) is 0 Å². The van der Waals surface area contributed by atoms with E-state index in [1.54, 1.807) is 12.1 Å². The van der Waals surface area contributed by atoms with Gasteiger partial charge in [0.15, 0.2) is 0 Å². The number of nitrogens with one attached hydrogen (secondary N) is 1. The van der Waals surface area contributed by atoms with Crippen molar-refractivity contribution in [3.63, 3.8) is 0 Å². The number of ether oxygens (including phenoxy) is 1. The van der Waals surface area contributed by atoms with Crippen LogP contribution in [0.25, 0.3) is 0 Å². The predicted octanol–water partition coefficient (Wildman–Crippen LogP) is 3.93. The third kappa shape index (κ3) is 4.92. The number of fused-ring (bicyclic) bond motifs is 2. The predicted molar refractivity (Wildman–Crippen MR) is 105 cm³/mol. The van der Waals surface area contributed by atoms with E-state index in [0.717, 1.165) is 32.1 Å². The summed E-state index contributed by atoms with van der Waals surface area (Å²) in [7, 11) is -2.18. The Morgan fingerprint density at radius 3 is 2.67 bits per heavy atom. The van der Waals surface area contributed by atoms with Crippen LogP contribution in [0.5, 0.6) is 0 Å². The standard InChI is InChI=1S/C20H26ClNO4S/c1-26-19(23)6-4-2-3-5-18-14-7-8-15(13-14)20(18)22-27(24,25)17-11-9-16(21)10-12-17/h3,5,9-12,14-15,18,20,22H,2,4,6-8,13H2,1H3/b5-3-. The average Bonchev–Trinajstić information content (AvgIpc) is 3.23. The summed E-state index contributed by atoms with van der Waals surface area (Å²) >= 11 is 5.87. The number of benzene rings is 1. The highest BCUT2D eigenvalue weighted by Crippen LogP contribution is 2.49. The zero-order chi connectivity index (χ0) is 19.4. The Hall–Kier alpha value is -1.37. The Bertz CT molecular complexity index is 791. The first-order chi connectivity index (χ1) is 12.9. The number of esters is 1. The third-order valence-electron chi connectivity index (χ3n) is 5.73. The molecule has 2 aliphatic rings. The van der Waals surface area contributed by atoms with E-state index in [9.17, 15) is 13.2 Å². The largest absolute Gasteiger partial charge is 0.469 e. The normalized spacial score (nSPS) is 27.3. The molecule has 1 aromatic rings. The quantitative estimate of drug-likeness (QED) is 0.399. The average molecular weight is 412 g/mol. The van der Waals surface area contributed by atoms with Crippen LogP contribution in [0.1, 0.15) is 38.5 Å². The highest BCUT2D eigenvalue weighted by atomic mass is 35.5. The summed E-state index contributed by atoms with van der Waals surface area (Å²) < 4.78 is 33.1. The zero-order valence-electron chi connectivity index (χ0n) is 15.4. The second-order valence-corrected chi connectivity index (χ2v) is 9.56. The highest BCUT2D eigenvalue weighted by Gasteiger charge is 2.47. The molecule has 1 N–H and O–H groups in total. The van der Waals surface area contributed by atoms with Gasteiger partial charge in [-0.25, -0.2) is 13.1 Å². The number of allylic oxidation sites excluding steroid dienone is 1. The van der Waals surface area contributed by atoms with Gasteiger partial charge < -0.3 is 4.74 Å². The van der Waals surface area contributed by atoms with Crippen molar-refractivity contribution < 1.29 is 17.9 Å². The van der Waals surface area contributed by atoms with Crippen LogP contribution < -0.4 is 4.72 Å². The molecule has 0 aliphatic heterocycles. The van der Waals surface area contributed by atoms with Crippen molar-refractivity contribution in [1.29, 1.82) is 0 Å². The number of carbonyl (C=O) groups excluding carboxylic acids is 1. The number of unbranched alkanes of at least 4 members (excludes halogenated alkanes) is 1. The second kappa shape index (κ2) is 8.76. The lowest BCUT2D eigenvalue weighted by Gasteiger charge is -2.29. The van der Waals surface area contributed by atoms with Gasteiger partial charge in [-0.15, -0.1) is 0 Å². The van der Waals surface area contributed by atoms with E-state index in [1.165, 1.54) is 19.2 Å². The van der Waals surface area contributed by atoms with Gasteiger partial charge in [0.05, 0.1) is 12.0 Å². The molecule has 2 aliphatic carbocycles. The number of carbonyl (C=O) groups is 1. The number of halogens is 1. The van der Waals surface area contributed by atoms with Crippen LogP contribution in [0.3, 0.4) is 0 Å². The Balaban J connectivity index is 1.64. The maximum absolute atomic E-state index is 12.8. The first kappa shape index (κ1) is 20.4. The molecule has 148 valence electrons. The van der Waals surface area contributed by atoms with Gasteiger partial charge in [0.1, 0.15) is 0 Å². The minimum Gasteiger partial charge on any atom is -0.469 e. The summed E-state index contributed by atoms with van der Waals surface area (Å²) in [5, 5.41) is 0.515. The molecule has 0 aromatic heterocycles. The smallest absolute Gasteiger partial charge is 0.305 e. The Morgan fingerprint density at radius 2 is 1.96 bits per heavy atom. The highest BCUT2D eigenvalue weighted by molar-refractivity contribution is 7.89. The van der Waals surface area contributed by atoms with Gasteiger partial charge in [-0.2, -0.15) is 0 Å². The lowest BCUT2D eigenvalue weighted by Crippen LogP contribution is -2.43. The lowest BCUT2D eigenvalue weighted by molar-refractivity contribution is -0.140. The number of methoxy groups -OCH3 is 1. The molecular weight excluding hydrogens is 386 g/mol.